The number of H-pyrrole nitrogens is 1. The zero-order chi connectivity index (χ0) is 20.4. The molecule has 3 aromatic rings. The van der Waals surface area contributed by atoms with Gasteiger partial charge in [-0.15, -0.1) is 0 Å². The Morgan fingerprint density at radius 1 is 1.14 bits per heavy atom. The second kappa shape index (κ2) is 8.17. The molecule has 1 aliphatic rings. The Morgan fingerprint density at radius 3 is 2.66 bits per heavy atom. The van der Waals surface area contributed by atoms with Crippen molar-refractivity contribution in [2.75, 3.05) is 34.5 Å². The number of rotatable bonds is 6. The van der Waals surface area contributed by atoms with Crippen molar-refractivity contribution in [2.24, 2.45) is 0 Å². The first kappa shape index (κ1) is 19.3. The summed E-state index contributed by atoms with van der Waals surface area (Å²) >= 11 is 0. The fraction of sp³-hybridized carbons (Fsp3) is 0.348. The lowest BCUT2D eigenvalue weighted by atomic mass is 9.88. The van der Waals surface area contributed by atoms with Crippen LogP contribution in [0.2, 0.25) is 0 Å². The van der Waals surface area contributed by atoms with Gasteiger partial charge in [-0.2, -0.15) is 0 Å². The maximum atomic E-state index is 12.8. The first-order chi connectivity index (χ1) is 14.2. The van der Waals surface area contributed by atoms with E-state index in [-0.39, 0.29) is 18.6 Å². The first-order valence-electron chi connectivity index (χ1n) is 9.74. The molecular weight excluding hydrogens is 368 g/mol. The van der Waals surface area contributed by atoms with Gasteiger partial charge < -0.3 is 24.1 Å². The topological polar surface area (TPSA) is 63.8 Å². The van der Waals surface area contributed by atoms with Crippen LogP contribution in [0.15, 0.2) is 42.6 Å². The van der Waals surface area contributed by atoms with Crippen LogP contribution in [-0.2, 0) is 22.4 Å². The standard InChI is InChI=1S/C23H26N2O4/c1-27-14-23(26)25-9-8-15-11-21(28-2)22(29-3)12-18(15)20(25)10-16-13-24-19-7-5-4-6-17(16)19/h4-7,11-13,20,24H,8-10,14H2,1-3H3. The lowest BCUT2D eigenvalue weighted by Gasteiger charge is -2.38. The van der Waals surface area contributed by atoms with Crippen LogP contribution in [-0.4, -0.2) is 50.3 Å². The Balaban J connectivity index is 1.78. The number of amides is 1. The third kappa shape index (κ3) is 3.56. The summed E-state index contributed by atoms with van der Waals surface area (Å²) in [5, 5.41) is 1.18. The normalized spacial score (nSPS) is 16.0. The first-order valence-corrected chi connectivity index (χ1v) is 9.74. The van der Waals surface area contributed by atoms with Crippen molar-refractivity contribution in [3.05, 3.63) is 59.3 Å². The van der Waals surface area contributed by atoms with E-state index in [9.17, 15) is 4.79 Å². The van der Waals surface area contributed by atoms with Crippen molar-refractivity contribution in [3.8, 4) is 11.5 Å². The number of aromatic nitrogens is 1. The van der Waals surface area contributed by atoms with Crippen LogP contribution >= 0.6 is 0 Å². The van der Waals surface area contributed by atoms with Gasteiger partial charge in [-0.1, -0.05) is 18.2 Å². The van der Waals surface area contributed by atoms with E-state index in [1.54, 1.807) is 21.3 Å². The number of benzene rings is 2. The van der Waals surface area contributed by atoms with E-state index in [4.69, 9.17) is 14.2 Å². The van der Waals surface area contributed by atoms with Gasteiger partial charge in [0, 0.05) is 30.8 Å². The predicted molar refractivity (Wildman–Crippen MR) is 112 cm³/mol. The van der Waals surface area contributed by atoms with E-state index in [1.807, 2.05) is 35.4 Å². The van der Waals surface area contributed by atoms with E-state index < -0.39 is 0 Å². The molecule has 6 heteroatoms. The molecule has 0 aliphatic carbocycles. The Kier molecular flexibility index (Phi) is 5.45. The van der Waals surface area contributed by atoms with Crippen molar-refractivity contribution in [3.63, 3.8) is 0 Å². The quantitative estimate of drug-likeness (QED) is 0.695. The molecule has 2 aromatic carbocycles. The van der Waals surface area contributed by atoms with Crippen LogP contribution in [0.5, 0.6) is 11.5 Å². The highest BCUT2D eigenvalue weighted by molar-refractivity contribution is 5.83. The fourth-order valence-corrected chi connectivity index (χ4v) is 4.26. The van der Waals surface area contributed by atoms with Crippen LogP contribution in [0.4, 0.5) is 0 Å². The summed E-state index contributed by atoms with van der Waals surface area (Å²) in [6.07, 6.45) is 3.52. The number of hydrogen-bond acceptors (Lipinski definition) is 4. The second-order valence-corrected chi connectivity index (χ2v) is 7.26. The zero-order valence-corrected chi connectivity index (χ0v) is 17.0. The number of methoxy groups -OCH3 is 3. The number of carbonyl (C=O) groups is 1. The Bertz CT molecular complexity index is 1030. The summed E-state index contributed by atoms with van der Waals surface area (Å²) in [7, 11) is 4.83. The molecule has 0 bridgehead atoms. The monoisotopic (exact) mass is 394 g/mol. The molecule has 1 aromatic heterocycles. The van der Waals surface area contributed by atoms with Crippen LogP contribution < -0.4 is 9.47 Å². The number of fused-ring (bicyclic) bond motifs is 2. The van der Waals surface area contributed by atoms with Crippen molar-refractivity contribution in [1.29, 1.82) is 0 Å². The molecule has 0 spiro atoms. The fourth-order valence-electron chi connectivity index (χ4n) is 4.26. The van der Waals surface area contributed by atoms with Gasteiger partial charge in [0.05, 0.1) is 20.3 Å². The smallest absolute Gasteiger partial charge is 0.249 e. The van der Waals surface area contributed by atoms with Crippen molar-refractivity contribution in [1.82, 2.24) is 9.88 Å². The van der Waals surface area contributed by atoms with Crippen molar-refractivity contribution in [2.45, 2.75) is 18.9 Å². The molecule has 6 nitrogen and oxygen atoms in total. The lowest BCUT2D eigenvalue weighted by molar-refractivity contribution is -0.138. The highest BCUT2D eigenvalue weighted by Gasteiger charge is 2.32. The SMILES string of the molecule is COCC(=O)N1CCc2cc(OC)c(OC)cc2C1Cc1c[nH]c2ccccc12. The molecule has 1 unspecified atom stereocenters. The second-order valence-electron chi connectivity index (χ2n) is 7.26. The minimum absolute atomic E-state index is 0.00206. The maximum absolute atomic E-state index is 12.8. The maximum Gasteiger partial charge on any atom is 0.249 e. The molecule has 152 valence electrons. The largest absolute Gasteiger partial charge is 0.493 e. The molecular formula is C23H26N2O4. The van der Waals surface area contributed by atoms with Gasteiger partial charge >= 0.3 is 0 Å². The molecule has 2 heterocycles. The van der Waals surface area contributed by atoms with Crippen LogP contribution in [0.1, 0.15) is 22.7 Å². The van der Waals surface area contributed by atoms with Crippen LogP contribution in [0, 0.1) is 0 Å². The summed E-state index contributed by atoms with van der Waals surface area (Å²) in [6.45, 7) is 0.727. The number of nitrogens with zero attached hydrogens (tertiary/aromatic N) is 1. The van der Waals surface area contributed by atoms with Crippen LogP contribution in [0.3, 0.4) is 0 Å². The Labute approximate surface area is 170 Å². The molecule has 1 aliphatic heterocycles. The zero-order valence-electron chi connectivity index (χ0n) is 17.0. The third-order valence-electron chi connectivity index (χ3n) is 5.68. The third-order valence-corrected chi connectivity index (χ3v) is 5.68. The number of ether oxygens (including phenoxy) is 3. The van der Waals surface area contributed by atoms with Crippen molar-refractivity contribution >= 4 is 16.8 Å². The molecule has 29 heavy (non-hydrogen) atoms. The van der Waals surface area contributed by atoms with Gasteiger partial charge in [0.25, 0.3) is 0 Å². The summed E-state index contributed by atoms with van der Waals surface area (Å²) in [4.78, 5) is 18.1. The number of aromatic amines is 1. The predicted octanol–water partition coefficient (Wildman–Crippen LogP) is 3.50. The summed E-state index contributed by atoms with van der Waals surface area (Å²) in [5.74, 6) is 1.39. The van der Waals surface area contributed by atoms with E-state index >= 15 is 0 Å². The van der Waals surface area contributed by atoms with E-state index in [1.165, 1.54) is 16.5 Å². The molecule has 1 atom stereocenters. The number of hydrogen-bond donors (Lipinski definition) is 1. The van der Waals surface area contributed by atoms with Gasteiger partial charge in [0.2, 0.25) is 5.91 Å². The van der Waals surface area contributed by atoms with Gasteiger partial charge in [-0.05, 0) is 47.7 Å². The highest BCUT2D eigenvalue weighted by Crippen LogP contribution is 2.40. The summed E-state index contributed by atoms with van der Waals surface area (Å²) in [6, 6.07) is 12.2. The minimum atomic E-state index is -0.0968. The van der Waals surface area contributed by atoms with Crippen molar-refractivity contribution < 1.29 is 19.0 Å². The summed E-state index contributed by atoms with van der Waals surface area (Å²) < 4.78 is 16.2. The average molecular weight is 394 g/mol. The number of nitrogens with one attached hydrogen (secondary N) is 1. The van der Waals surface area contributed by atoms with Gasteiger partial charge in [0.1, 0.15) is 6.61 Å². The number of carbonyl (C=O) groups excluding carboxylic acids is 1. The Morgan fingerprint density at radius 2 is 1.90 bits per heavy atom. The molecule has 0 saturated heterocycles. The molecule has 4 rings (SSSR count). The molecule has 1 N–H and O–H groups in total. The molecule has 0 saturated carbocycles. The summed E-state index contributed by atoms with van der Waals surface area (Å²) in [5.41, 5.74) is 4.57. The lowest BCUT2D eigenvalue weighted by Crippen LogP contribution is -2.42. The molecule has 1 amide bonds. The average Bonchev–Trinajstić information content (AvgIpc) is 3.16. The highest BCUT2D eigenvalue weighted by atomic mass is 16.5. The minimum Gasteiger partial charge on any atom is -0.493 e. The number of para-hydroxylation sites is 1. The van der Waals surface area contributed by atoms with Gasteiger partial charge in [0.15, 0.2) is 11.5 Å². The molecule has 0 fully saturated rings. The van der Waals surface area contributed by atoms with Crippen LogP contribution in [0.25, 0.3) is 10.9 Å². The van der Waals surface area contributed by atoms with E-state index in [0.29, 0.717) is 24.5 Å². The van der Waals surface area contributed by atoms with Gasteiger partial charge in [-0.3, -0.25) is 4.79 Å². The molecule has 0 radical (unpaired) electrons. The van der Waals surface area contributed by atoms with E-state index in [2.05, 4.69) is 17.1 Å². The van der Waals surface area contributed by atoms with Gasteiger partial charge in [-0.25, -0.2) is 0 Å². The Hall–Kier alpha value is -2.99. The van der Waals surface area contributed by atoms with E-state index in [0.717, 1.165) is 17.5 Å².